The van der Waals surface area contributed by atoms with Gasteiger partial charge >= 0.3 is 0 Å². The van der Waals surface area contributed by atoms with E-state index in [1.165, 1.54) is 23.9 Å². The zero-order chi connectivity index (χ0) is 15.2. The molecule has 1 heterocycles. The van der Waals surface area contributed by atoms with Crippen LogP contribution < -0.4 is 5.32 Å². The number of amides is 1. The number of hydrogen-bond donors (Lipinski definition) is 2. The van der Waals surface area contributed by atoms with Crippen LogP contribution in [-0.2, 0) is 0 Å². The molecule has 0 spiro atoms. The molecule has 0 aliphatic heterocycles. The second-order valence-electron chi connectivity index (χ2n) is 4.33. The van der Waals surface area contributed by atoms with Crippen LogP contribution in [0, 0.1) is 5.82 Å². The second kappa shape index (κ2) is 7.19. The Morgan fingerprint density at radius 2 is 2.19 bits per heavy atom. The minimum Gasteiger partial charge on any atom is -0.386 e. The normalized spacial score (nSPS) is 12.0. The molecule has 0 aliphatic rings. The van der Waals surface area contributed by atoms with E-state index in [9.17, 15) is 14.3 Å². The zero-order valence-corrected chi connectivity index (χ0v) is 12.2. The van der Waals surface area contributed by atoms with Crippen molar-refractivity contribution in [1.82, 2.24) is 10.3 Å². The summed E-state index contributed by atoms with van der Waals surface area (Å²) in [5, 5.41) is 13.2. The zero-order valence-electron chi connectivity index (χ0n) is 11.4. The van der Waals surface area contributed by atoms with E-state index >= 15 is 0 Å². The van der Waals surface area contributed by atoms with Gasteiger partial charge in [0, 0.05) is 23.9 Å². The Kier molecular flexibility index (Phi) is 5.30. The van der Waals surface area contributed by atoms with Crippen LogP contribution in [0.3, 0.4) is 0 Å². The van der Waals surface area contributed by atoms with Gasteiger partial charge in [0.1, 0.15) is 5.82 Å². The molecule has 1 atom stereocenters. The van der Waals surface area contributed by atoms with Crippen molar-refractivity contribution < 1.29 is 14.3 Å². The molecule has 21 heavy (non-hydrogen) atoms. The van der Waals surface area contributed by atoms with Crippen LogP contribution in [-0.4, -0.2) is 28.8 Å². The first-order valence-corrected chi connectivity index (χ1v) is 7.55. The number of aliphatic hydroxyl groups is 1. The molecule has 0 fully saturated rings. The van der Waals surface area contributed by atoms with Gasteiger partial charge in [-0.05, 0) is 24.5 Å². The molecule has 1 amide bonds. The summed E-state index contributed by atoms with van der Waals surface area (Å²) in [6.45, 7) is -0.0588. The first kappa shape index (κ1) is 15.5. The van der Waals surface area contributed by atoms with E-state index in [-0.39, 0.29) is 18.0 Å². The summed E-state index contributed by atoms with van der Waals surface area (Å²) >= 11 is 1.43. The highest BCUT2D eigenvalue weighted by atomic mass is 32.2. The highest BCUT2D eigenvalue weighted by molar-refractivity contribution is 7.98. The van der Waals surface area contributed by atoms with Crippen LogP contribution in [0.4, 0.5) is 4.39 Å². The van der Waals surface area contributed by atoms with Gasteiger partial charge in [0.15, 0.2) is 0 Å². The van der Waals surface area contributed by atoms with Gasteiger partial charge in [0.25, 0.3) is 5.91 Å². The number of pyridine rings is 1. The number of hydrogen-bond acceptors (Lipinski definition) is 4. The van der Waals surface area contributed by atoms with Crippen LogP contribution in [0.2, 0.25) is 0 Å². The van der Waals surface area contributed by atoms with Gasteiger partial charge in [0.2, 0.25) is 0 Å². The summed E-state index contributed by atoms with van der Waals surface area (Å²) in [6, 6.07) is 9.19. The van der Waals surface area contributed by atoms with Crippen molar-refractivity contribution in [3.63, 3.8) is 0 Å². The van der Waals surface area contributed by atoms with Crippen molar-refractivity contribution in [3.8, 4) is 0 Å². The van der Waals surface area contributed by atoms with E-state index in [4.69, 9.17) is 0 Å². The number of halogens is 1. The lowest BCUT2D eigenvalue weighted by Crippen LogP contribution is -2.28. The molecular formula is C15H15FN2O2S. The predicted octanol–water partition coefficient (Wildman–Crippen LogP) is 2.41. The molecule has 1 unspecified atom stereocenters. The fraction of sp³-hybridized carbons (Fsp3) is 0.200. The van der Waals surface area contributed by atoms with Gasteiger partial charge < -0.3 is 10.4 Å². The number of aromatic nitrogens is 1. The summed E-state index contributed by atoms with van der Waals surface area (Å²) in [5.74, 6) is -0.823. The molecular weight excluding hydrogens is 291 g/mol. The van der Waals surface area contributed by atoms with Crippen molar-refractivity contribution in [1.29, 1.82) is 0 Å². The van der Waals surface area contributed by atoms with E-state index in [2.05, 4.69) is 10.3 Å². The standard InChI is InChI=1S/C15H15FN2O2S/c1-21-14-8-10(6-7-17-14)15(20)18-9-13(19)11-4-2-3-5-12(11)16/h2-8,13,19H,9H2,1H3,(H,18,20). The predicted molar refractivity (Wildman–Crippen MR) is 79.7 cm³/mol. The summed E-state index contributed by atoms with van der Waals surface area (Å²) in [7, 11) is 0. The minimum atomic E-state index is -1.09. The molecule has 2 N–H and O–H groups in total. The number of aliphatic hydroxyl groups excluding tert-OH is 1. The Morgan fingerprint density at radius 3 is 2.90 bits per heavy atom. The lowest BCUT2D eigenvalue weighted by atomic mass is 10.1. The fourth-order valence-electron chi connectivity index (χ4n) is 1.81. The largest absolute Gasteiger partial charge is 0.386 e. The van der Waals surface area contributed by atoms with Crippen LogP contribution in [0.25, 0.3) is 0 Å². The molecule has 0 radical (unpaired) electrons. The van der Waals surface area contributed by atoms with Crippen molar-refractivity contribution in [2.24, 2.45) is 0 Å². The van der Waals surface area contributed by atoms with Gasteiger partial charge in [-0.1, -0.05) is 18.2 Å². The molecule has 0 bridgehead atoms. The van der Waals surface area contributed by atoms with Crippen LogP contribution >= 0.6 is 11.8 Å². The summed E-state index contributed by atoms with van der Waals surface area (Å²) in [4.78, 5) is 16.1. The number of benzene rings is 1. The van der Waals surface area contributed by atoms with E-state index in [1.54, 1.807) is 30.5 Å². The molecule has 0 saturated carbocycles. The number of thioether (sulfide) groups is 1. The van der Waals surface area contributed by atoms with E-state index < -0.39 is 11.9 Å². The maximum Gasteiger partial charge on any atom is 0.251 e. The van der Waals surface area contributed by atoms with E-state index in [0.29, 0.717) is 5.56 Å². The lowest BCUT2D eigenvalue weighted by molar-refractivity contribution is 0.0913. The highest BCUT2D eigenvalue weighted by Gasteiger charge is 2.14. The third-order valence-corrected chi connectivity index (χ3v) is 3.57. The highest BCUT2D eigenvalue weighted by Crippen LogP contribution is 2.16. The maximum absolute atomic E-state index is 13.5. The molecule has 2 rings (SSSR count). The van der Waals surface area contributed by atoms with Crippen molar-refractivity contribution >= 4 is 17.7 Å². The topological polar surface area (TPSA) is 62.2 Å². The Labute approximate surface area is 126 Å². The average molecular weight is 306 g/mol. The van der Waals surface area contributed by atoms with Crippen molar-refractivity contribution in [2.45, 2.75) is 11.1 Å². The monoisotopic (exact) mass is 306 g/mol. The van der Waals surface area contributed by atoms with Gasteiger partial charge in [-0.15, -0.1) is 11.8 Å². The number of rotatable bonds is 5. The summed E-state index contributed by atoms with van der Waals surface area (Å²) < 4.78 is 13.5. The molecule has 2 aromatic rings. The number of nitrogens with one attached hydrogen (secondary N) is 1. The van der Waals surface area contributed by atoms with Crippen LogP contribution in [0.15, 0.2) is 47.6 Å². The maximum atomic E-state index is 13.5. The van der Waals surface area contributed by atoms with Crippen LogP contribution in [0.5, 0.6) is 0 Å². The quantitative estimate of drug-likeness (QED) is 0.833. The molecule has 0 saturated heterocycles. The SMILES string of the molecule is CSc1cc(C(=O)NCC(O)c2ccccc2F)ccn1. The third-order valence-electron chi connectivity index (χ3n) is 2.93. The Bertz CT molecular complexity index is 637. The first-order valence-electron chi connectivity index (χ1n) is 6.32. The Balaban J connectivity index is 1.99. The molecule has 0 aliphatic carbocycles. The second-order valence-corrected chi connectivity index (χ2v) is 5.16. The average Bonchev–Trinajstić information content (AvgIpc) is 2.52. The summed E-state index contributed by atoms with van der Waals surface area (Å²) in [6.07, 6.45) is 2.33. The Hall–Kier alpha value is -1.92. The first-order chi connectivity index (χ1) is 10.1. The van der Waals surface area contributed by atoms with Crippen molar-refractivity contribution in [3.05, 3.63) is 59.5 Å². The summed E-state index contributed by atoms with van der Waals surface area (Å²) in [5.41, 5.74) is 0.618. The molecule has 6 heteroatoms. The molecule has 4 nitrogen and oxygen atoms in total. The van der Waals surface area contributed by atoms with Gasteiger partial charge in [-0.25, -0.2) is 9.37 Å². The van der Waals surface area contributed by atoms with Crippen LogP contribution in [0.1, 0.15) is 22.0 Å². The minimum absolute atomic E-state index is 0.0588. The van der Waals surface area contributed by atoms with E-state index in [0.717, 1.165) is 5.03 Å². The van der Waals surface area contributed by atoms with Crippen molar-refractivity contribution in [2.75, 3.05) is 12.8 Å². The molecule has 110 valence electrons. The lowest BCUT2D eigenvalue weighted by Gasteiger charge is -2.13. The smallest absolute Gasteiger partial charge is 0.251 e. The Morgan fingerprint density at radius 1 is 1.43 bits per heavy atom. The molecule has 1 aromatic carbocycles. The van der Waals surface area contributed by atoms with Gasteiger partial charge in [-0.2, -0.15) is 0 Å². The van der Waals surface area contributed by atoms with E-state index in [1.807, 2.05) is 6.26 Å². The number of carbonyl (C=O) groups excluding carboxylic acids is 1. The van der Waals surface area contributed by atoms with Gasteiger partial charge in [-0.3, -0.25) is 4.79 Å². The number of carbonyl (C=O) groups is 1. The number of nitrogens with zero attached hydrogens (tertiary/aromatic N) is 1. The van der Waals surface area contributed by atoms with Gasteiger partial charge in [0.05, 0.1) is 11.1 Å². The fourth-order valence-corrected chi connectivity index (χ4v) is 2.22. The third kappa shape index (κ3) is 4.03. The molecule has 1 aromatic heterocycles.